The number of pyridine rings is 1. The smallest absolute Gasteiger partial charge is 0.231 e. The van der Waals surface area contributed by atoms with Crippen molar-refractivity contribution in [3.63, 3.8) is 0 Å². The van der Waals surface area contributed by atoms with Crippen LogP contribution < -0.4 is 0 Å². The number of aryl methyl sites for hydroxylation is 1. The number of rotatable bonds is 3. The van der Waals surface area contributed by atoms with Crippen LogP contribution in [0.2, 0.25) is 0 Å². The van der Waals surface area contributed by atoms with Crippen LogP contribution in [0.5, 0.6) is 0 Å². The van der Waals surface area contributed by atoms with E-state index in [0.29, 0.717) is 13.1 Å². The van der Waals surface area contributed by atoms with E-state index >= 15 is 0 Å². The molecule has 1 fully saturated rings. The molecule has 1 atom stereocenters. The summed E-state index contributed by atoms with van der Waals surface area (Å²) in [5.41, 5.74) is 4.10. The molecule has 1 unspecified atom stereocenters. The molecular formula is C20H19N5O. The van der Waals surface area contributed by atoms with Crippen molar-refractivity contribution in [2.45, 2.75) is 24.8 Å². The number of carbonyl (C=O) groups excluding carboxylic acids is 1. The zero-order chi connectivity index (χ0) is 17.5. The van der Waals surface area contributed by atoms with E-state index in [9.17, 15) is 4.79 Å². The number of likely N-dealkylation sites (tertiary alicyclic amines) is 1. The summed E-state index contributed by atoms with van der Waals surface area (Å²) in [6.07, 6.45) is 5.56. The van der Waals surface area contributed by atoms with Gasteiger partial charge in [-0.2, -0.15) is 0 Å². The molecular weight excluding hydrogens is 326 g/mol. The number of benzene rings is 1. The molecule has 0 bridgehead atoms. The zero-order valence-corrected chi connectivity index (χ0v) is 14.3. The van der Waals surface area contributed by atoms with E-state index in [0.717, 1.165) is 29.8 Å². The van der Waals surface area contributed by atoms with Crippen molar-refractivity contribution in [1.29, 1.82) is 0 Å². The molecule has 1 aliphatic heterocycles. The average molecular weight is 345 g/mol. The molecule has 5 rings (SSSR count). The minimum atomic E-state index is -0.0808. The first-order chi connectivity index (χ1) is 12.8. The largest absolute Gasteiger partial charge is 0.338 e. The van der Waals surface area contributed by atoms with Gasteiger partial charge in [-0.1, -0.05) is 41.6 Å². The lowest BCUT2D eigenvalue weighted by atomic mass is 10.0. The van der Waals surface area contributed by atoms with E-state index in [1.54, 1.807) is 6.20 Å². The van der Waals surface area contributed by atoms with Gasteiger partial charge in [0, 0.05) is 24.8 Å². The first kappa shape index (κ1) is 15.3. The van der Waals surface area contributed by atoms with Crippen LogP contribution in [0.1, 0.15) is 29.6 Å². The first-order valence-corrected chi connectivity index (χ1v) is 8.99. The fourth-order valence-corrected chi connectivity index (χ4v) is 3.87. The van der Waals surface area contributed by atoms with Gasteiger partial charge in [-0.3, -0.25) is 9.78 Å². The van der Waals surface area contributed by atoms with Gasteiger partial charge < -0.3 is 4.90 Å². The molecule has 1 saturated heterocycles. The summed E-state index contributed by atoms with van der Waals surface area (Å²) >= 11 is 0. The Labute approximate surface area is 151 Å². The van der Waals surface area contributed by atoms with Crippen molar-refractivity contribution >= 4 is 5.91 Å². The molecule has 130 valence electrons. The van der Waals surface area contributed by atoms with Crippen molar-refractivity contribution in [2.24, 2.45) is 0 Å². The summed E-state index contributed by atoms with van der Waals surface area (Å²) in [6.45, 7) is 1.38. The standard InChI is InChI=1S/C20H19N5O/c26-20(17-9-8-15-7-4-10-21-19(15)17)24-11-16(12-24)25-13-18(22-23-25)14-5-2-1-3-6-14/h1-7,10,13,16-17H,8-9,11-12H2. The molecule has 0 saturated carbocycles. The summed E-state index contributed by atoms with van der Waals surface area (Å²) in [7, 11) is 0. The van der Waals surface area contributed by atoms with Gasteiger partial charge in [-0.15, -0.1) is 5.10 Å². The van der Waals surface area contributed by atoms with E-state index in [4.69, 9.17) is 0 Å². The number of fused-ring (bicyclic) bond motifs is 1. The van der Waals surface area contributed by atoms with Gasteiger partial charge in [0.2, 0.25) is 5.91 Å². The van der Waals surface area contributed by atoms with Crippen LogP contribution in [0.25, 0.3) is 11.3 Å². The minimum Gasteiger partial charge on any atom is -0.338 e. The molecule has 3 heterocycles. The molecule has 1 amide bonds. The molecule has 0 N–H and O–H groups in total. The number of nitrogens with zero attached hydrogens (tertiary/aromatic N) is 5. The molecule has 3 aromatic rings. The predicted octanol–water partition coefficient (Wildman–Crippen LogP) is 2.45. The Morgan fingerprint density at radius 3 is 2.77 bits per heavy atom. The van der Waals surface area contributed by atoms with Crippen LogP contribution in [0.4, 0.5) is 0 Å². The van der Waals surface area contributed by atoms with Crippen LogP contribution >= 0.6 is 0 Å². The van der Waals surface area contributed by atoms with Gasteiger partial charge in [-0.25, -0.2) is 4.68 Å². The molecule has 2 aromatic heterocycles. The van der Waals surface area contributed by atoms with E-state index in [-0.39, 0.29) is 17.9 Å². The Balaban J connectivity index is 1.26. The molecule has 6 nitrogen and oxygen atoms in total. The molecule has 0 radical (unpaired) electrons. The van der Waals surface area contributed by atoms with Crippen LogP contribution in [0.3, 0.4) is 0 Å². The van der Waals surface area contributed by atoms with Gasteiger partial charge in [0.1, 0.15) is 5.69 Å². The van der Waals surface area contributed by atoms with Crippen molar-refractivity contribution in [2.75, 3.05) is 13.1 Å². The number of amides is 1. The van der Waals surface area contributed by atoms with Crippen LogP contribution in [-0.4, -0.2) is 43.9 Å². The Bertz CT molecular complexity index is 946. The number of carbonyl (C=O) groups is 1. The van der Waals surface area contributed by atoms with E-state index in [2.05, 4.69) is 21.4 Å². The highest BCUT2D eigenvalue weighted by molar-refractivity contribution is 5.85. The van der Waals surface area contributed by atoms with Gasteiger partial charge in [0.05, 0.1) is 23.9 Å². The highest BCUT2D eigenvalue weighted by Gasteiger charge is 2.39. The molecule has 1 aliphatic carbocycles. The maximum absolute atomic E-state index is 12.8. The van der Waals surface area contributed by atoms with Crippen LogP contribution in [0, 0.1) is 0 Å². The molecule has 1 aromatic carbocycles. The SMILES string of the molecule is O=C(C1CCc2cccnc21)N1CC(n2cc(-c3ccccc3)nn2)C1. The fourth-order valence-electron chi connectivity index (χ4n) is 3.87. The second kappa shape index (κ2) is 6.05. The topological polar surface area (TPSA) is 63.9 Å². The van der Waals surface area contributed by atoms with Gasteiger partial charge in [0.25, 0.3) is 0 Å². The third kappa shape index (κ3) is 2.49. The maximum atomic E-state index is 12.8. The molecule has 26 heavy (non-hydrogen) atoms. The molecule has 2 aliphatic rings. The summed E-state index contributed by atoms with van der Waals surface area (Å²) < 4.78 is 1.88. The lowest BCUT2D eigenvalue weighted by molar-refractivity contribution is -0.138. The van der Waals surface area contributed by atoms with E-state index in [1.807, 2.05) is 52.2 Å². The van der Waals surface area contributed by atoms with Crippen molar-refractivity contribution in [3.05, 3.63) is 66.1 Å². The first-order valence-electron chi connectivity index (χ1n) is 8.99. The Kier molecular flexibility index (Phi) is 3.55. The third-order valence-corrected chi connectivity index (χ3v) is 5.38. The lowest BCUT2D eigenvalue weighted by Crippen LogP contribution is -2.52. The summed E-state index contributed by atoms with van der Waals surface area (Å²) in [6, 6.07) is 14.2. The summed E-state index contributed by atoms with van der Waals surface area (Å²) in [4.78, 5) is 19.2. The normalized spacial score (nSPS) is 19.2. The quantitative estimate of drug-likeness (QED) is 0.731. The van der Waals surface area contributed by atoms with Gasteiger partial charge in [0.15, 0.2) is 0 Å². The summed E-state index contributed by atoms with van der Waals surface area (Å²) in [5.74, 6) is 0.116. The minimum absolute atomic E-state index is 0.0808. The summed E-state index contributed by atoms with van der Waals surface area (Å²) in [5, 5.41) is 8.52. The zero-order valence-electron chi connectivity index (χ0n) is 14.3. The molecule has 6 heteroatoms. The highest BCUT2D eigenvalue weighted by atomic mass is 16.2. The average Bonchev–Trinajstić information content (AvgIpc) is 3.28. The monoisotopic (exact) mass is 345 g/mol. The maximum Gasteiger partial charge on any atom is 0.231 e. The van der Waals surface area contributed by atoms with Crippen LogP contribution in [-0.2, 0) is 11.2 Å². The predicted molar refractivity (Wildman–Crippen MR) is 96.4 cm³/mol. The van der Waals surface area contributed by atoms with Gasteiger partial charge in [-0.05, 0) is 24.5 Å². The van der Waals surface area contributed by atoms with Gasteiger partial charge >= 0.3 is 0 Å². The highest BCUT2D eigenvalue weighted by Crippen LogP contribution is 2.35. The second-order valence-electron chi connectivity index (χ2n) is 6.99. The van der Waals surface area contributed by atoms with E-state index in [1.165, 1.54) is 5.56 Å². The van der Waals surface area contributed by atoms with Crippen molar-refractivity contribution in [1.82, 2.24) is 24.9 Å². The van der Waals surface area contributed by atoms with E-state index < -0.39 is 0 Å². The number of hydrogen-bond acceptors (Lipinski definition) is 4. The van der Waals surface area contributed by atoms with Crippen LogP contribution in [0.15, 0.2) is 54.9 Å². The third-order valence-electron chi connectivity index (χ3n) is 5.38. The number of hydrogen-bond donors (Lipinski definition) is 0. The van der Waals surface area contributed by atoms with Crippen molar-refractivity contribution < 1.29 is 4.79 Å². The molecule has 0 spiro atoms. The fraction of sp³-hybridized carbons (Fsp3) is 0.300. The Hall–Kier alpha value is -3.02. The number of aromatic nitrogens is 4. The second-order valence-corrected chi connectivity index (χ2v) is 6.99. The Morgan fingerprint density at radius 2 is 1.92 bits per heavy atom. The Morgan fingerprint density at radius 1 is 1.08 bits per heavy atom. The van der Waals surface area contributed by atoms with Crippen molar-refractivity contribution in [3.8, 4) is 11.3 Å². The lowest BCUT2D eigenvalue weighted by Gasteiger charge is -2.40.